The number of halogens is 1. The van der Waals surface area contributed by atoms with E-state index >= 15 is 0 Å². The Hall–Kier alpha value is -1.63. The van der Waals surface area contributed by atoms with E-state index in [0.29, 0.717) is 0 Å². The van der Waals surface area contributed by atoms with E-state index in [1.54, 1.807) is 0 Å². The molecule has 0 fully saturated rings. The van der Waals surface area contributed by atoms with Gasteiger partial charge < -0.3 is 21.5 Å². The van der Waals surface area contributed by atoms with Gasteiger partial charge in [-0.05, 0) is 16.5 Å². The van der Waals surface area contributed by atoms with Crippen LogP contribution < -0.4 is 16.4 Å². The van der Waals surface area contributed by atoms with E-state index in [4.69, 9.17) is 5.73 Å². The second kappa shape index (κ2) is 9.50. The van der Waals surface area contributed by atoms with E-state index in [1.807, 2.05) is 24.3 Å². The molecular weight excluding hydrogens is 318 g/mol. The van der Waals surface area contributed by atoms with Crippen LogP contribution in [0.4, 0.5) is 0 Å². The topological polar surface area (TPSA) is 104 Å². The van der Waals surface area contributed by atoms with Gasteiger partial charge in [0.15, 0.2) is 0 Å². The zero-order valence-electron chi connectivity index (χ0n) is 13.8. The predicted molar refractivity (Wildman–Crippen MR) is 92.4 cm³/mol. The minimum atomic E-state index is -0.789. The molecule has 0 aromatic heterocycles. The van der Waals surface area contributed by atoms with Gasteiger partial charge in [0.2, 0.25) is 11.8 Å². The zero-order chi connectivity index (χ0) is 16.8. The largest absolute Gasteiger partial charge is 0.387 e. The highest BCUT2D eigenvalue weighted by Gasteiger charge is 2.15. The maximum Gasteiger partial charge on any atom is 0.239 e. The van der Waals surface area contributed by atoms with Crippen molar-refractivity contribution in [3.8, 4) is 0 Å². The van der Waals surface area contributed by atoms with Gasteiger partial charge in [0.05, 0.1) is 19.2 Å². The molecule has 0 saturated carbocycles. The van der Waals surface area contributed by atoms with Gasteiger partial charge >= 0.3 is 0 Å². The molecule has 1 atom stereocenters. The highest BCUT2D eigenvalue weighted by atomic mass is 35.5. The Labute approximate surface area is 143 Å². The van der Waals surface area contributed by atoms with Gasteiger partial charge in [-0.3, -0.25) is 9.59 Å². The molecule has 23 heavy (non-hydrogen) atoms. The third kappa shape index (κ3) is 7.45. The average molecular weight is 344 g/mol. The first-order chi connectivity index (χ1) is 10.2. The minimum Gasteiger partial charge on any atom is -0.387 e. The molecule has 130 valence electrons. The fourth-order valence-corrected chi connectivity index (χ4v) is 1.85. The number of hydrogen-bond acceptors (Lipinski definition) is 4. The average Bonchev–Trinajstić information content (AvgIpc) is 2.49. The summed E-state index contributed by atoms with van der Waals surface area (Å²) in [7, 11) is 0. The van der Waals surface area contributed by atoms with Crippen LogP contribution in [0.1, 0.15) is 38.0 Å². The number of amides is 2. The van der Waals surface area contributed by atoms with Gasteiger partial charge in [-0.15, -0.1) is 12.4 Å². The lowest BCUT2D eigenvalue weighted by Gasteiger charge is -2.20. The molecule has 2 amide bonds. The highest BCUT2D eigenvalue weighted by molar-refractivity contribution is 5.85. The summed E-state index contributed by atoms with van der Waals surface area (Å²) in [6.07, 6.45) is -0.789. The monoisotopic (exact) mass is 343 g/mol. The maximum atomic E-state index is 11.5. The van der Waals surface area contributed by atoms with Crippen LogP contribution in [0.2, 0.25) is 0 Å². The van der Waals surface area contributed by atoms with Crippen LogP contribution in [0.3, 0.4) is 0 Å². The number of rotatable bonds is 6. The van der Waals surface area contributed by atoms with Crippen molar-refractivity contribution < 1.29 is 14.7 Å². The lowest BCUT2D eigenvalue weighted by atomic mass is 9.86. The molecule has 1 unspecified atom stereocenters. The van der Waals surface area contributed by atoms with E-state index in [0.717, 1.165) is 5.56 Å². The molecular formula is C16H26ClN3O3. The number of carbonyl (C=O) groups excluding carboxylic acids is 2. The Bertz CT molecular complexity index is 512. The molecule has 0 bridgehead atoms. The summed E-state index contributed by atoms with van der Waals surface area (Å²) in [6, 6.07) is 7.66. The van der Waals surface area contributed by atoms with Crippen LogP contribution in [-0.4, -0.2) is 36.6 Å². The number of benzene rings is 1. The summed E-state index contributed by atoms with van der Waals surface area (Å²) in [4.78, 5) is 22.4. The smallest absolute Gasteiger partial charge is 0.239 e. The van der Waals surface area contributed by atoms with Crippen LogP contribution in [0.5, 0.6) is 0 Å². The molecule has 0 spiro atoms. The number of nitrogens with two attached hydrogens (primary N) is 1. The summed E-state index contributed by atoms with van der Waals surface area (Å²) in [6.45, 7) is 6.14. The van der Waals surface area contributed by atoms with E-state index < -0.39 is 12.0 Å². The molecule has 1 aromatic carbocycles. The Morgan fingerprint density at radius 3 is 2.17 bits per heavy atom. The molecule has 1 aromatic rings. The van der Waals surface area contributed by atoms with E-state index in [-0.39, 0.29) is 43.4 Å². The van der Waals surface area contributed by atoms with Gasteiger partial charge in [-0.2, -0.15) is 0 Å². The Balaban J connectivity index is 0.00000484. The van der Waals surface area contributed by atoms with Crippen LogP contribution in [0.25, 0.3) is 0 Å². The third-order valence-corrected chi connectivity index (χ3v) is 3.29. The summed E-state index contributed by atoms with van der Waals surface area (Å²) in [5, 5.41) is 15.0. The molecule has 0 saturated heterocycles. The molecule has 0 aliphatic heterocycles. The molecule has 5 N–H and O–H groups in total. The van der Waals surface area contributed by atoms with Crippen LogP contribution in [0.15, 0.2) is 24.3 Å². The number of aliphatic hydroxyl groups is 1. The van der Waals surface area contributed by atoms with Crippen molar-refractivity contribution in [1.82, 2.24) is 10.6 Å². The van der Waals surface area contributed by atoms with Crippen molar-refractivity contribution in [3.63, 3.8) is 0 Å². The second-order valence-corrected chi connectivity index (χ2v) is 6.17. The van der Waals surface area contributed by atoms with Gasteiger partial charge in [-0.1, -0.05) is 45.0 Å². The molecule has 0 radical (unpaired) electrons. The first kappa shape index (κ1) is 21.4. The van der Waals surface area contributed by atoms with Gasteiger partial charge in [0.1, 0.15) is 0 Å². The SMILES string of the molecule is CC(C)(C)c1ccc(C(O)CNC(=O)CNC(=O)CN)cc1.Cl. The van der Waals surface area contributed by atoms with Crippen molar-refractivity contribution in [2.75, 3.05) is 19.6 Å². The molecule has 1 rings (SSSR count). The predicted octanol–water partition coefficient (Wildman–Crippen LogP) is 0.630. The molecule has 0 aliphatic rings. The van der Waals surface area contributed by atoms with Gasteiger partial charge in [0.25, 0.3) is 0 Å². The first-order valence-electron chi connectivity index (χ1n) is 7.26. The van der Waals surface area contributed by atoms with E-state index in [9.17, 15) is 14.7 Å². The number of hydrogen-bond donors (Lipinski definition) is 4. The van der Waals surface area contributed by atoms with Crippen LogP contribution in [-0.2, 0) is 15.0 Å². The molecule has 0 heterocycles. The standard InChI is InChI=1S/C16H25N3O3.ClH/c1-16(2,3)12-6-4-11(5-7-12)13(20)9-18-15(22)10-19-14(21)8-17;/h4-7,13,20H,8-10,17H2,1-3H3,(H,18,22)(H,19,21);1H. The quantitative estimate of drug-likeness (QED) is 0.608. The third-order valence-electron chi connectivity index (χ3n) is 3.29. The molecule has 7 heteroatoms. The van der Waals surface area contributed by atoms with Gasteiger partial charge in [0, 0.05) is 6.54 Å². The molecule has 0 aliphatic carbocycles. The number of carbonyl (C=O) groups is 2. The van der Waals surface area contributed by atoms with Crippen molar-refractivity contribution in [2.24, 2.45) is 5.73 Å². The van der Waals surface area contributed by atoms with Crippen molar-refractivity contribution in [3.05, 3.63) is 35.4 Å². The van der Waals surface area contributed by atoms with Crippen LogP contribution in [0, 0.1) is 0 Å². The van der Waals surface area contributed by atoms with Crippen molar-refractivity contribution in [1.29, 1.82) is 0 Å². The first-order valence-corrected chi connectivity index (χ1v) is 7.26. The van der Waals surface area contributed by atoms with E-state index in [1.165, 1.54) is 5.56 Å². The van der Waals surface area contributed by atoms with Crippen LogP contribution >= 0.6 is 12.4 Å². The maximum absolute atomic E-state index is 11.5. The minimum absolute atomic E-state index is 0. The van der Waals surface area contributed by atoms with Crippen molar-refractivity contribution in [2.45, 2.75) is 32.3 Å². The Morgan fingerprint density at radius 1 is 1.13 bits per heavy atom. The summed E-state index contributed by atoms with van der Waals surface area (Å²) in [5.41, 5.74) is 7.08. The summed E-state index contributed by atoms with van der Waals surface area (Å²) < 4.78 is 0. The number of nitrogens with one attached hydrogen (secondary N) is 2. The van der Waals surface area contributed by atoms with E-state index in [2.05, 4.69) is 31.4 Å². The zero-order valence-corrected chi connectivity index (χ0v) is 14.6. The van der Waals surface area contributed by atoms with Crippen molar-refractivity contribution >= 4 is 24.2 Å². The summed E-state index contributed by atoms with van der Waals surface area (Å²) in [5.74, 6) is -0.763. The second-order valence-electron chi connectivity index (χ2n) is 6.17. The summed E-state index contributed by atoms with van der Waals surface area (Å²) >= 11 is 0. The fraction of sp³-hybridized carbons (Fsp3) is 0.500. The normalized spacial score (nSPS) is 12.0. The fourth-order valence-electron chi connectivity index (χ4n) is 1.85. The van der Waals surface area contributed by atoms with Gasteiger partial charge in [-0.25, -0.2) is 0 Å². The Kier molecular flexibility index (Phi) is 8.82. The Morgan fingerprint density at radius 2 is 1.70 bits per heavy atom. The lowest BCUT2D eigenvalue weighted by molar-refractivity contribution is -0.125. The lowest BCUT2D eigenvalue weighted by Crippen LogP contribution is -2.40. The highest BCUT2D eigenvalue weighted by Crippen LogP contribution is 2.23. The molecule has 6 nitrogen and oxygen atoms in total. The number of aliphatic hydroxyl groups excluding tert-OH is 1.